The van der Waals surface area contributed by atoms with Gasteiger partial charge in [0.05, 0.1) is 11.9 Å². The molecular weight excluding hydrogens is 316 g/mol. The third-order valence-corrected chi connectivity index (χ3v) is 5.06. The topological polar surface area (TPSA) is 15.6 Å². The molecule has 0 saturated heterocycles. The smallest absolute Gasteiger partial charge is 0.0590 e. The fourth-order valence-corrected chi connectivity index (χ4v) is 3.73. The number of benzene rings is 5. The van der Waals surface area contributed by atoms with Gasteiger partial charge in [-0.15, -0.1) is 0 Å². The van der Waals surface area contributed by atoms with E-state index in [0.717, 1.165) is 11.3 Å². The van der Waals surface area contributed by atoms with E-state index in [2.05, 4.69) is 71.8 Å². The molecule has 5 rings (SSSR count). The second-order valence-corrected chi connectivity index (χ2v) is 6.61. The highest BCUT2D eigenvalue weighted by Gasteiger charge is 2.09. The predicted octanol–water partition coefficient (Wildman–Crippen LogP) is 6.05. The Morgan fingerprint density at radius 2 is 1.31 bits per heavy atom. The molecule has 0 amide bonds. The molecule has 0 aromatic heterocycles. The van der Waals surface area contributed by atoms with E-state index in [-0.39, 0.29) is 0 Å². The molecule has 0 N–H and O–H groups in total. The van der Waals surface area contributed by atoms with Crippen molar-refractivity contribution in [3.63, 3.8) is 0 Å². The Morgan fingerprint density at radius 1 is 0.654 bits per heavy atom. The van der Waals surface area contributed by atoms with Crippen molar-refractivity contribution in [3.05, 3.63) is 90.5 Å². The summed E-state index contributed by atoms with van der Waals surface area (Å²) in [5, 5.41) is 14.3. The minimum atomic E-state index is 1.07. The average molecular weight is 334 g/mol. The Morgan fingerprint density at radius 3 is 2.08 bits per heavy atom. The highest BCUT2D eigenvalue weighted by molar-refractivity contribution is 6.25. The maximum Gasteiger partial charge on any atom is 0.0590 e. The number of hydrogen-bond acceptors (Lipinski definition) is 2. The van der Waals surface area contributed by atoms with Crippen LogP contribution in [0.2, 0.25) is 0 Å². The lowest BCUT2D eigenvalue weighted by Crippen LogP contribution is -2.08. The molecule has 0 unspecified atom stereocenters. The lowest BCUT2D eigenvalue weighted by Gasteiger charge is -2.14. The lowest BCUT2D eigenvalue weighted by atomic mass is 9.92. The van der Waals surface area contributed by atoms with Gasteiger partial charge in [-0.3, -0.25) is 5.01 Å². The molecule has 124 valence electrons. The Labute approximate surface area is 152 Å². The summed E-state index contributed by atoms with van der Waals surface area (Å²) in [7, 11) is 1.97. The number of para-hydroxylation sites is 1. The third-order valence-electron chi connectivity index (χ3n) is 5.06. The summed E-state index contributed by atoms with van der Waals surface area (Å²) < 4.78 is 0. The zero-order valence-corrected chi connectivity index (χ0v) is 14.6. The number of anilines is 1. The van der Waals surface area contributed by atoms with Crippen LogP contribution in [0.15, 0.2) is 90.0 Å². The number of hydrazone groups is 1. The first kappa shape index (κ1) is 14.9. The van der Waals surface area contributed by atoms with Crippen LogP contribution in [0.1, 0.15) is 5.56 Å². The van der Waals surface area contributed by atoms with Crippen molar-refractivity contribution in [3.8, 4) is 0 Å². The summed E-state index contributed by atoms with van der Waals surface area (Å²) in [6, 6.07) is 29.9. The van der Waals surface area contributed by atoms with Gasteiger partial charge < -0.3 is 0 Å². The highest BCUT2D eigenvalue weighted by atomic mass is 15.4. The van der Waals surface area contributed by atoms with Crippen molar-refractivity contribution in [1.29, 1.82) is 0 Å². The minimum absolute atomic E-state index is 1.07. The SMILES string of the molecule is CN(/N=C\c1ccc2ccc3cccc4ccc1c2c34)c1ccccc1. The molecule has 0 aliphatic carbocycles. The fourth-order valence-electron chi connectivity index (χ4n) is 3.73. The predicted molar refractivity (Wildman–Crippen MR) is 113 cm³/mol. The van der Waals surface area contributed by atoms with Gasteiger partial charge >= 0.3 is 0 Å². The maximum absolute atomic E-state index is 4.66. The molecule has 26 heavy (non-hydrogen) atoms. The minimum Gasteiger partial charge on any atom is -0.269 e. The van der Waals surface area contributed by atoms with E-state index < -0.39 is 0 Å². The quantitative estimate of drug-likeness (QED) is 0.223. The van der Waals surface area contributed by atoms with E-state index in [1.807, 2.05) is 36.5 Å². The average Bonchev–Trinajstić information content (AvgIpc) is 2.71. The van der Waals surface area contributed by atoms with Crippen molar-refractivity contribution >= 4 is 44.2 Å². The van der Waals surface area contributed by atoms with Crippen LogP contribution in [0.4, 0.5) is 5.69 Å². The Hall–Kier alpha value is -3.39. The summed E-state index contributed by atoms with van der Waals surface area (Å²) >= 11 is 0. The van der Waals surface area contributed by atoms with Crippen molar-refractivity contribution < 1.29 is 0 Å². The first-order valence-corrected chi connectivity index (χ1v) is 8.80. The first-order chi connectivity index (χ1) is 12.8. The molecule has 0 saturated carbocycles. The standard InChI is InChI=1S/C24H18N2/c1-26(21-8-3-2-4-9-21)25-16-20-13-12-19-11-10-17-6-5-7-18-14-15-22(20)24(19)23(17)18/h2-16H,1H3/b25-16-. The summed E-state index contributed by atoms with van der Waals surface area (Å²) in [6.45, 7) is 0. The molecule has 0 aliphatic heterocycles. The molecule has 0 bridgehead atoms. The van der Waals surface area contributed by atoms with E-state index in [1.165, 1.54) is 32.3 Å². The Balaban J connectivity index is 1.68. The maximum atomic E-state index is 4.66. The van der Waals surface area contributed by atoms with Crippen molar-refractivity contribution in [2.45, 2.75) is 0 Å². The van der Waals surface area contributed by atoms with Crippen LogP contribution in [-0.4, -0.2) is 13.3 Å². The van der Waals surface area contributed by atoms with Crippen LogP contribution in [0.25, 0.3) is 32.3 Å². The second kappa shape index (κ2) is 5.85. The summed E-state index contributed by atoms with van der Waals surface area (Å²) in [4.78, 5) is 0. The van der Waals surface area contributed by atoms with Crippen LogP contribution in [0.3, 0.4) is 0 Å². The number of hydrogen-bond donors (Lipinski definition) is 0. The van der Waals surface area contributed by atoms with E-state index in [4.69, 9.17) is 0 Å². The third kappa shape index (κ3) is 2.31. The van der Waals surface area contributed by atoms with Gasteiger partial charge in [0.2, 0.25) is 0 Å². The largest absolute Gasteiger partial charge is 0.269 e. The van der Waals surface area contributed by atoms with Gasteiger partial charge in [0.1, 0.15) is 0 Å². The fraction of sp³-hybridized carbons (Fsp3) is 0.0417. The van der Waals surface area contributed by atoms with Gasteiger partial charge in [-0.1, -0.05) is 72.8 Å². The second-order valence-electron chi connectivity index (χ2n) is 6.61. The molecular formula is C24H18N2. The molecule has 2 heteroatoms. The lowest BCUT2D eigenvalue weighted by molar-refractivity contribution is 1.02. The monoisotopic (exact) mass is 334 g/mol. The Bertz CT molecular complexity index is 1220. The van der Waals surface area contributed by atoms with Crippen molar-refractivity contribution in [2.24, 2.45) is 5.10 Å². The van der Waals surface area contributed by atoms with Crippen LogP contribution in [0.5, 0.6) is 0 Å². The van der Waals surface area contributed by atoms with E-state index >= 15 is 0 Å². The van der Waals surface area contributed by atoms with Crippen molar-refractivity contribution in [2.75, 3.05) is 12.1 Å². The number of nitrogens with zero attached hydrogens (tertiary/aromatic N) is 2. The normalized spacial score (nSPS) is 11.9. The molecule has 2 nitrogen and oxygen atoms in total. The van der Waals surface area contributed by atoms with Gasteiger partial charge in [-0.05, 0) is 44.5 Å². The number of rotatable bonds is 3. The molecule has 0 fully saturated rings. The molecule has 0 spiro atoms. The van der Waals surface area contributed by atoms with E-state index in [0.29, 0.717) is 0 Å². The molecule has 0 heterocycles. The highest BCUT2D eigenvalue weighted by Crippen LogP contribution is 2.35. The van der Waals surface area contributed by atoms with Crippen LogP contribution in [-0.2, 0) is 0 Å². The van der Waals surface area contributed by atoms with Crippen LogP contribution >= 0.6 is 0 Å². The first-order valence-electron chi connectivity index (χ1n) is 8.80. The van der Waals surface area contributed by atoms with Gasteiger partial charge in [0.25, 0.3) is 0 Å². The van der Waals surface area contributed by atoms with E-state index in [1.54, 1.807) is 0 Å². The summed E-state index contributed by atoms with van der Waals surface area (Å²) in [5.74, 6) is 0. The van der Waals surface area contributed by atoms with Crippen LogP contribution < -0.4 is 5.01 Å². The Kier molecular flexibility index (Phi) is 3.36. The summed E-state index contributed by atoms with van der Waals surface area (Å²) in [5.41, 5.74) is 2.21. The van der Waals surface area contributed by atoms with Crippen LogP contribution in [0, 0.1) is 0 Å². The molecule has 5 aromatic carbocycles. The van der Waals surface area contributed by atoms with Crippen molar-refractivity contribution in [1.82, 2.24) is 0 Å². The molecule has 0 atom stereocenters. The van der Waals surface area contributed by atoms with Gasteiger partial charge in [0.15, 0.2) is 0 Å². The van der Waals surface area contributed by atoms with Gasteiger partial charge in [0, 0.05) is 12.6 Å². The molecule has 0 radical (unpaired) electrons. The molecule has 5 aromatic rings. The zero-order valence-electron chi connectivity index (χ0n) is 14.6. The molecule has 0 aliphatic rings. The van der Waals surface area contributed by atoms with Gasteiger partial charge in [-0.25, -0.2) is 0 Å². The van der Waals surface area contributed by atoms with E-state index in [9.17, 15) is 0 Å². The summed E-state index contributed by atoms with van der Waals surface area (Å²) in [6.07, 6.45) is 1.96. The zero-order chi connectivity index (χ0) is 17.5. The van der Waals surface area contributed by atoms with Gasteiger partial charge in [-0.2, -0.15) is 5.10 Å².